The maximum absolute atomic E-state index is 14.5. The second kappa shape index (κ2) is 10.0. The van der Waals surface area contributed by atoms with E-state index in [9.17, 15) is 18.7 Å². The van der Waals surface area contributed by atoms with E-state index in [0.717, 1.165) is 47.6 Å². The van der Waals surface area contributed by atoms with Crippen molar-refractivity contribution in [2.45, 2.75) is 45.3 Å². The summed E-state index contributed by atoms with van der Waals surface area (Å²) >= 11 is 1.50. The number of rotatable bonds is 6. The van der Waals surface area contributed by atoms with Gasteiger partial charge in [0.05, 0.1) is 5.60 Å². The molecule has 0 spiro atoms. The van der Waals surface area contributed by atoms with Crippen LogP contribution < -0.4 is 10.3 Å². The lowest BCUT2D eigenvalue weighted by molar-refractivity contribution is 0.0786. The number of hydrogen-bond donors (Lipinski definition) is 1. The van der Waals surface area contributed by atoms with Gasteiger partial charge in [-0.15, -0.1) is 11.3 Å². The molecule has 5 nitrogen and oxygen atoms in total. The smallest absolute Gasteiger partial charge is 0.268 e. The number of benzene rings is 2. The summed E-state index contributed by atoms with van der Waals surface area (Å²) in [5, 5.41) is 11.5. The van der Waals surface area contributed by atoms with E-state index in [2.05, 4.69) is 11.0 Å². The summed E-state index contributed by atoms with van der Waals surface area (Å²) in [4.78, 5) is 16.6. The average molecular weight is 525 g/mol. The molecule has 0 atom stereocenters. The summed E-state index contributed by atoms with van der Waals surface area (Å²) in [5.41, 5.74) is 0.759. The van der Waals surface area contributed by atoms with Gasteiger partial charge in [-0.2, -0.15) is 0 Å². The van der Waals surface area contributed by atoms with Crippen LogP contribution in [0.3, 0.4) is 0 Å². The van der Waals surface area contributed by atoms with Gasteiger partial charge in [0, 0.05) is 47.2 Å². The fourth-order valence-corrected chi connectivity index (χ4v) is 6.00. The monoisotopic (exact) mass is 524 g/mol. The zero-order chi connectivity index (χ0) is 26.3. The number of fused-ring (bicyclic) bond motifs is 1. The van der Waals surface area contributed by atoms with Crippen molar-refractivity contribution in [3.63, 3.8) is 0 Å². The Morgan fingerprint density at radius 1 is 1.00 bits per heavy atom. The summed E-state index contributed by atoms with van der Waals surface area (Å²) in [6.07, 6.45) is 5.37. The van der Waals surface area contributed by atoms with E-state index in [1.165, 1.54) is 41.2 Å². The largest absolute Gasteiger partial charge is 0.454 e. The lowest BCUT2D eigenvalue weighted by Crippen LogP contribution is -2.28. The van der Waals surface area contributed by atoms with Crippen molar-refractivity contribution in [2.24, 2.45) is 7.05 Å². The quantitative estimate of drug-likeness (QED) is 0.311. The second-order valence-electron chi connectivity index (χ2n) is 10.2. The number of nitrogens with zero attached hydrogens (tertiary/aromatic N) is 2. The molecule has 2 aromatic heterocycles. The molecule has 37 heavy (non-hydrogen) atoms. The SMILES string of the molecule is Cn1cc(-c2cc(C(C)(C)O)ccc2Oc2ccc(F)cc2F)c2cc(CN3CCCCC3)sc2c1=O. The van der Waals surface area contributed by atoms with Crippen molar-refractivity contribution < 1.29 is 18.6 Å². The Kier molecular flexibility index (Phi) is 6.91. The van der Waals surface area contributed by atoms with Crippen LogP contribution in [0.25, 0.3) is 21.2 Å². The third-order valence-electron chi connectivity index (χ3n) is 6.83. The van der Waals surface area contributed by atoms with Crippen molar-refractivity contribution in [1.82, 2.24) is 9.47 Å². The van der Waals surface area contributed by atoms with Crippen molar-refractivity contribution in [3.05, 3.63) is 81.1 Å². The first-order chi connectivity index (χ1) is 17.6. The molecule has 1 aliphatic heterocycles. The molecule has 0 amide bonds. The average Bonchev–Trinajstić information content (AvgIpc) is 3.27. The molecule has 1 aliphatic rings. The van der Waals surface area contributed by atoms with Crippen LogP contribution in [-0.4, -0.2) is 27.7 Å². The van der Waals surface area contributed by atoms with Crippen LogP contribution in [0, 0.1) is 11.6 Å². The fraction of sp³-hybridized carbons (Fsp3) is 0.345. The summed E-state index contributed by atoms with van der Waals surface area (Å²) in [6, 6.07) is 10.4. The third-order valence-corrected chi connectivity index (χ3v) is 7.94. The molecule has 0 bridgehead atoms. The number of halogens is 2. The number of ether oxygens (including phenoxy) is 1. The van der Waals surface area contributed by atoms with Crippen LogP contribution in [0.4, 0.5) is 8.78 Å². The van der Waals surface area contributed by atoms with Crippen molar-refractivity contribution in [1.29, 1.82) is 0 Å². The number of pyridine rings is 1. The first kappa shape index (κ1) is 25.6. The molecule has 1 N–H and O–H groups in total. The maximum Gasteiger partial charge on any atom is 0.268 e. The number of aliphatic hydroxyl groups is 1. The van der Waals surface area contributed by atoms with Crippen molar-refractivity contribution in [2.75, 3.05) is 13.1 Å². The molecule has 3 heterocycles. The number of likely N-dealkylation sites (tertiary alicyclic amines) is 1. The van der Waals surface area contributed by atoms with Crippen LogP contribution >= 0.6 is 11.3 Å². The Hall–Kier alpha value is -3.07. The molecule has 5 rings (SSSR count). The Morgan fingerprint density at radius 2 is 1.73 bits per heavy atom. The molecule has 0 saturated carbocycles. The molecule has 1 saturated heterocycles. The van der Waals surface area contributed by atoms with E-state index >= 15 is 0 Å². The van der Waals surface area contributed by atoms with E-state index in [0.29, 0.717) is 21.6 Å². The van der Waals surface area contributed by atoms with E-state index in [1.54, 1.807) is 45.3 Å². The predicted octanol–water partition coefficient (Wildman–Crippen LogP) is 6.55. The Morgan fingerprint density at radius 3 is 2.43 bits per heavy atom. The van der Waals surface area contributed by atoms with Crippen LogP contribution in [0.5, 0.6) is 11.5 Å². The number of aryl methyl sites for hydroxylation is 1. The van der Waals surface area contributed by atoms with Crippen molar-refractivity contribution >= 4 is 21.4 Å². The van der Waals surface area contributed by atoms with Crippen molar-refractivity contribution in [3.8, 4) is 22.6 Å². The number of piperidine rings is 1. The molecular weight excluding hydrogens is 494 g/mol. The van der Waals surface area contributed by atoms with Crippen LogP contribution in [0.15, 0.2) is 53.5 Å². The predicted molar refractivity (Wildman–Crippen MR) is 143 cm³/mol. The molecule has 4 aromatic rings. The fourth-order valence-electron chi connectivity index (χ4n) is 4.80. The molecule has 0 unspecified atom stereocenters. The van der Waals surface area contributed by atoms with E-state index < -0.39 is 17.2 Å². The number of thiophene rings is 1. The van der Waals surface area contributed by atoms with E-state index in [1.807, 2.05) is 0 Å². The standard InChI is InChI=1S/C29H30F2N2O3S/c1-29(2,35)18-7-9-25(36-26-10-8-19(30)14-24(26)31)21(13-18)23-17-32(3)28(34)27-22(23)15-20(37-27)16-33-11-5-4-6-12-33/h7-10,13-15,17,35H,4-6,11-12,16H2,1-3H3. The van der Waals surface area contributed by atoms with Gasteiger partial charge >= 0.3 is 0 Å². The van der Waals surface area contributed by atoms with Gasteiger partial charge in [-0.1, -0.05) is 12.5 Å². The maximum atomic E-state index is 14.5. The van der Waals surface area contributed by atoms with Crippen LogP contribution in [0.2, 0.25) is 0 Å². The lowest BCUT2D eigenvalue weighted by atomic mass is 9.93. The lowest BCUT2D eigenvalue weighted by Gasteiger charge is -2.25. The van der Waals surface area contributed by atoms with Gasteiger partial charge in [-0.25, -0.2) is 8.78 Å². The highest BCUT2D eigenvalue weighted by Gasteiger charge is 2.23. The highest BCUT2D eigenvalue weighted by Crippen LogP contribution is 2.41. The Bertz CT molecular complexity index is 1510. The van der Waals surface area contributed by atoms with Gasteiger partial charge in [0.1, 0.15) is 16.3 Å². The first-order valence-electron chi connectivity index (χ1n) is 12.4. The zero-order valence-electron chi connectivity index (χ0n) is 21.2. The van der Waals surface area contributed by atoms with Gasteiger partial charge in [-0.05, 0) is 75.7 Å². The Balaban J connectivity index is 1.66. The third kappa shape index (κ3) is 5.32. The normalized spacial score (nSPS) is 14.9. The summed E-state index contributed by atoms with van der Waals surface area (Å²) < 4.78 is 36.1. The van der Waals surface area contributed by atoms with Crippen LogP contribution in [0.1, 0.15) is 43.6 Å². The minimum absolute atomic E-state index is 0.0839. The summed E-state index contributed by atoms with van der Waals surface area (Å²) in [7, 11) is 1.70. The van der Waals surface area contributed by atoms with Gasteiger partial charge in [0.2, 0.25) is 0 Å². The highest BCUT2D eigenvalue weighted by molar-refractivity contribution is 7.19. The first-order valence-corrected chi connectivity index (χ1v) is 13.3. The minimum Gasteiger partial charge on any atom is -0.454 e. The van der Waals surface area contributed by atoms with Gasteiger partial charge in [0.15, 0.2) is 11.6 Å². The molecule has 8 heteroatoms. The topological polar surface area (TPSA) is 54.7 Å². The second-order valence-corrected chi connectivity index (χ2v) is 11.3. The zero-order valence-corrected chi connectivity index (χ0v) is 22.0. The van der Waals surface area contributed by atoms with E-state index in [-0.39, 0.29) is 11.3 Å². The van der Waals surface area contributed by atoms with Gasteiger partial charge in [-0.3, -0.25) is 9.69 Å². The van der Waals surface area contributed by atoms with Crippen LogP contribution in [-0.2, 0) is 19.2 Å². The van der Waals surface area contributed by atoms with Gasteiger partial charge in [0.25, 0.3) is 5.56 Å². The molecule has 0 radical (unpaired) electrons. The highest BCUT2D eigenvalue weighted by atomic mass is 32.1. The number of aromatic nitrogens is 1. The van der Waals surface area contributed by atoms with Gasteiger partial charge < -0.3 is 14.4 Å². The molecule has 2 aromatic carbocycles. The van der Waals surface area contributed by atoms with E-state index in [4.69, 9.17) is 4.74 Å². The minimum atomic E-state index is -1.14. The Labute approximate surface area is 218 Å². The summed E-state index contributed by atoms with van der Waals surface area (Å²) in [6.45, 7) is 6.26. The molecule has 194 valence electrons. The summed E-state index contributed by atoms with van der Waals surface area (Å²) in [5.74, 6) is -1.29. The molecular formula is C29H30F2N2O3S. The molecule has 1 fully saturated rings. The molecule has 0 aliphatic carbocycles. The number of hydrogen-bond acceptors (Lipinski definition) is 5.